The van der Waals surface area contributed by atoms with Crippen LogP contribution in [0.1, 0.15) is 27.9 Å². The predicted octanol–water partition coefficient (Wildman–Crippen LogP) is 4.63. The standard InChI is InChI=1S/C28H27N3O2/c32-27(14-18-30-28(33)26-11-10-24-8-4-5-9-25(24)20-26)31(21-23-12-16-29-17-13-23)19-15-22-6-2-1-3-7-22/h1-13,16-17,20H,14-15,18-19,21H2,(H,30,33). The van der Waals surface area contributed by atoms with E-state index in [1.165, 1.54) is 5.56 Å². The van der Waals surface area contributed by atoms with E-state index in [0.717, 1.165) is 22.8 Å². The van der Waals surface area contributed by atoms with Crippen molar-refractivity contribution in [3.05, 3.63) is 114 Å². The van der Waals surface area contributed by atoms with E-state index in [1.54, 1.807) is 12.4 Å². The minimum absolute atomic E-state index is 0.0153. The van der Waals surface area contributed by atoms with Crippen LogP contribution in [0.15, 0.2) is 97.3 Å². The van der Waals surface area contributed by atoms with Crippen LogP contribution in [0.5, 0.6) is 0 Å². The predicted molar refractivity (Wildman–Crippen MR) is 131 cm³/mol. The fraction of sp³-hybridized carbons (Fsp3) is 0.179. The van der Waals surface area contributed by atoms with Gasteiger partial charge in [0.15, 0.2) is 0 Å². The molecule has 0 atom stereocenters. The number of rotatable bonds is 9. The Morgan fingerprint density at radius 1 is 0.788 bits per heavy atom. The van der Waals surface area contributed by atoms with Gasteiger partial charge >= 0.3 is 0 Å². The topological polar surface area (TPSA) is 62.3 Å². The van der Waals surface area contributed by atoms with Gasteiger partial charge in [-0.15, -0.1) is 0 Å². The van der Waals surface area contributed by atoms with Crippen molar-refractivity contribution in [2.24, 2.45) is 0 Å². The summed E-state index contributed by atoms with van der Waals surface area (Å²) in [4.78, 5) is 31.5. The number of pyridine rings is 1. The number of carbonyl (C=O) groups excluding carboxylic acids is 2. The molecule has 3 aromatic carbocycles. The van der Waals surface area contributed by atoms with Gasteiger partial charge in [-0.05, 0) is 52.6 Å². The summed E-state index contributed by atoms with van der Waals surface area (Å²) in [5.74, 6) is -0.153. The Bertz CT molecular complexity index is 1210. The Morgan fingerprint density at radius 2 is 1.52 bits per heavy atom. The summed E-state index contributed by atoms with van der Waals surface area (Å²) in [5.41, 5.74) is 2.82. The van der Waals surface area contributed by atoms with E-state index in [-0.39, 0.29) is 18.2 Å². The second-order valence-corrected chi connectivity index (χ2v) is 7.97. The van der Waals surface area contributed by atoms with E-state index in [4.69, 9.17) is 0 Å². The first-order chi connectivity index (χ1) is 16.2. The molecule has 2 amide bonds. The van der Waals surface area contributed by atoms with Crippen LogP contribution in [0.4, 0.5) is 0 Å². The van der Waals surface area contributed by atoms with Crippen molar-refractivity contribution in [1.82, 2.24) is 15.2 Å². The average Bonchev–Trinajstić information content (AvgIpc) is 2.87. The highest BCUT2D eigenvalue weighted by Gasteiger charge is 2.15. The first-order valence-corrected chi connectivity index (χ1v) is 11.2. The molecule has 5 heteroatoms. The first kappa shape index (κ1) is 22.2. The minimum atomic E-state index is -0.168. The van der Waals surface area contributed by atoms with Crippen molar-refractivity contribution >= 4 is 22.6 Å². The van der Waals surface area contributed by atoms with Crippen LogP contribution in [-0.4, -0.2) is 34.8 Å². The summed E-state index contributed by atoms with van der Waals surface area (Å²) < 4.78 is 0. The molecule has 0 bridgehead atoms. The molecule has 1 aromatic heterocycles. The van der Waals surface area contributed by atoms with E-state index in [0.29, 0.717) is 25.2 Å². The third-order valence-electron chi connectivity index (χ3n) is 5.62. The molecule has 4 aromatic rings. The molecule has 0 saturated heterocycles. The molecule has 0 fully saturated rings. The highest BCUT2D eigenvalue weighted by molar-refractivity contribution is 5.98. The van der Waals surface area contributed by atoms with Crippen molar-refractivity contribution in [3.8, 4) is 0 Å². The number of nitrogens with zero attached hydrogens (tertiary/aromatic N) is 2. The van der Waals surface area contributed by atoms with Crippen molar-refractivity contribution in [2.45, 2.75) is 19.4 Å². The van der Waals surface area contributed by atoms with Gasteiger partial charge < -0.3 is 10.2 Å². The Labute approximate surface area is 194 Å². The highest BCUT2D eigenvalue weighted by Crippen LogP contribution is 2.15. The normalized spacial score (nSPS) is 10.7. The van der Waals surface area contributed by atoms with E-state index >= 15 is 0 Å². The van der Waals surface area contributed by atoms with Crippen LogP contribution in [0.25, 0.3) is 10.8 Å². The lowest BCUT2D eigenvalue weighted by molar-refractivity contribution is -0.131. The van der Waals surface area contributed by atoms with Crippen molar-refractivity contribution in [3.63, 3.8) is 0 Å². The summed E-state index contributed by atoms with van der Waals surface area (Å²) >= 11 is 0. The molecule has 33 heavy (non-hydrogen) atoms. The Kier molecular flexibility index (Phi) is 7.44. The molecule has 5 nitrogen and oxygen atoms in total. The second-order valence-electron chi connectivity index (χ2n) is 7.97. The number of nitrogens with one attached hydrogen (secondary N) is 1. The lowest BCUT2D eigenvalue weighted by Gasteiger charge is -2.23. The number of hydrogen-bond donors (Lipinski definition) is 1. The van der Waals surface area contributed by atoms with Crippen LogP contribution in [0.3, 0.4) is 0 Å². The maximum atomic E-state index is 13.0. The number of hydrogen-bond acceptors (Lipinski definition) is 3. The molecular formula is C28H27N3O2. The number of benzene rings is 3. The third-order valence-corrected chi connectivity index (χ3v) is 5.62. The van der Waals surface area contributed by atoms with Crippen LogP contribution in [0.2, 0.25) is 0 Å². The van der Waals surface area contributed by atoms with Gasteiger partial charge in [0.2, 0.25) is 5.91 Å². The Hall–Kier alpha value is -3.99. The van der Waals surface area contributed by atoms with Crippen molar-refractivity contribution < 1.29 is 9.59 Å². The van der Waals surface area contributed by atoms with Gasteiger partial charge in [-0.25, -0.2) is 0 Å². The van der Waals surface area contributed by atoms with Gasteiger partial charge in [-0.1, -0.05) is 60.7 Å². The van der Waals surface area contributed by atoms with Crippen LogP contribution in [-0.2, 0) is 17.8 Å². The Morgan fingerprint density at radius 3 is 2.30 bits per heavy atom. The van der Waals surface area contributed by atoms with Gasteiger partial charge in [0, 0.05) is 44.0 Å². The monoisotopic (exact) mass is 437 g/mol. The fourth-order valence-corrected chi connectivity index (χ4v) is 3.78. The van der Waals surface area contributed by atoms with Crippen molar-refractivity contribution in [1.29, 1.82) is 0 Å². The Balaban J connectivity index is 1.35. The summed E-state index contributed by atoms with van der Waals surface area (Å²) in [6, 6.07) is 27.5. The SMILES string of the molecule is O=C(NCCC(=O)N(CCc1ccccc1)Cc1ccncc1)c1ccc2ccccc2c1. The zero-order valence-corrected chi connectivity index (χ0v) is 18.5. The molecule has 0 spiro atoms. The number of carbonyl (C=O) groups is 2. The summed E-state index contributed by atoms with van der Waals surface area (Å²) in [6.07, 6.45) is 4.50. The van der Waals surface area contributed by atoms with Crippen LogP contribution < -0.4 is 5.32 Å². The molecule has 4 rings (SSSR count). The largest absolute Gasteiger partial charge is 0.352 e. The molecule has 0 aliphatic rings. The summed E-state index contributed by atoms with van der Waals surface area (Å²) in [5, 5.41) is 5.00. The molecule has 0 unspecified atom stereocenters. The zero-order chi connectivity index (χ0) is 22.9. The number of amides is 2. The highest BCUT2D eigenvalue weighted by atomic mass is 16.2. The van der Waals surface area contributed by atoms with E-state index < -0.39 is 0 Å². The van der Waals surface area contributed by atoms with E-state index in [2.05, 4.69) is 22.4 Å². The quantitative estimate of drug-likeness (QED) is 0.415. The smallest absolute Gasteiger partial charge is 0.251 e. The zero-order valence-electron chi connectivity index (χ0n) is 18.5. The molecule has 1 N–H and O–H groups in total. The fourth-order valence-electron chi connectivity index (χ4n) is 3.78. The maximum absolute atomic E-state index is 13.0. The summed E-state index contributed by atoms with van der Waals surface area (Å²) in [6.45, 7) is 1.43. The molecule has 1 heterocycles. The maximum Gasteiger partial charge on any atom is 0.251 e. The van der Waals surface area contributed by atoms with Gasteiger partial charge in [0.25, 0.3) is 5.91 Å². The molecule has 0 aliphatic carbocycles. The van der Waals surface area contributed by atoms with Crippen molar-refractivity contribution in [2.75, 3.05) is 13.1 Å². The third kappa shape index (κ3) is 6.26. The molecule has 0 saturated carbocycles. The second kappa shape index (κ2) is 11.0. The van der Waals surface area contributed by atoms with Gasteiger partial charge in [0.05, 0.1) is 0 Å². The molecule has 0 radical (unpaired) electrons. The van der Waals surface area contributed by atoms with Gasteiger partial charge in [0.1, 0.15) is 0 Å². The van der Waals surface area contributed by atoms with Gasteiger partial charge in [-0.3, -0.25) is 14.6 Å². The minimum Gasteiger partial charge on any atom is -0.352 e. The molecule has 166 valence electrons. The number of fused-ring (bicyclic) bond motifs is 1. The first-order valence-electron chi connectivity index (χ1n) is 11.2. The van der Waals surface area contributed by atoms with E-state index in [1.807, 2.05) is 77.7 Å². The summed E-state index contributed by atoms with van der Waals surface area (Å²) in [7, 11) is 0. The van der Waals surface area contributed by atoms with Crippen LogP contribution in [0, 0.1) is 0 Å². The van der Waals surface area contributed by atoms with E-state index in [9.17, 15) is 9.59 Å². The van der Waals surface area contributed by atoms with Crippen LogP contribution >= 0.6 is 0 Å². The lowest BCUT2D eigenvalue weighted by atomic mass is 10.1. The lowest BCUT2D eigenvalue weighted by Crippen LogP contribution is -2.35. The average molecular weight is 438 g/mol. The molecule has 0 aliphatic heterocycles. The number of aromatic nitrogens is 1. The van der Waals surface area contributed by atoms with Gasteiger partial charge in [-0.2, -0.15) is 0 Å². The molecular weight excluding hydrogens is 410 g/mol.